The Morgan fingerprint density at radius 2 is 2.14 bits per heavy atom. The van der Waals surface area contributed by atoms with Gasteiger partial charge in [0.1, 0.15) is 5.82 Å². The van der Waals surface area contributed by atoms with Crippen LogP contribution in [0.15, 0.2) is 18.2 Å². The molecule has 0 spiro atoms. The van der Waals surface area contributed by atoms with Gasteiger partial charge in [0.2, 0.25) is 0 Å². The summed E-state index contributed by atoms with van der Waals surface area (Å²) < 4.78 is 7.49. The highest BCUT2D eigenvalue weighted by Gasteiger charge is 2.22. The normalized spacial score (nSPS) is 13.0. The molecule has 0 saturated heterocycles. The third-order valence-corrected chi connectivity index (χ3v) is 3.76. The zero-order valence-corrected chi connectivity index (χ0v) is 13.0. The van der Waals surface area contributed by atoms with E-state index in [-0.39, 0.29) is 11.6 Å². The molecule has 1 N–H and O–H groups in total. The van der Waals surface area contributed by atoms with Gasteiger partial charge >= 0.3 is 5.97 Å². The highest BCUT2D eigenvalue weighted by molar-refractivity contribution is 5.92. The van der Waals surface area contributed by atoms with Crippen LogP contribution in [0.3, 0.4) is 0 Å². The lowest BCUT2D eigenvalue weighted by atomic mass is 10.0. The number of imidazole rings is 1. The molecule has 1 aromatic heterocycles. The van der Waals surface area contributed by atoms with Gasteiger partial charge in [-0.25, -0.2) is 9.78 Å². The minimum Gasteiger partial charge on any atom is -0.478 e. The highest BCUT2D eigenvalue weighted by atomic mass is 16.5. The predicted octanol–water partition coefficient (Wildman–Crippen LogP) is 3.14. The van der Waals surface area contributed by atoms with Gasteiger partial charge in [-0.3, -0.25) is 0 Å². The summed E-state index contributed by atoms with van der Waals surface area (Å²) in [4.78, 5) is 15.8. The first-order valence-corrected chi connectivity index (χ1v) is 7.22. The van der Waals surface area contributed by atoms with Crippen LogP contribution in [-0.4, -0.2) is 34.3 Å². The van der Waals surface area contributed by atoms with Crippen LogP contribution in [0, 0.1) is 5.92 Å². The molecular formula is C16H22N2O3. The number of fused-ring (bicyclic) bond motifs is 1. The maximum Gasteiger partial charge on any atom is 0.335 e. The maximum absolute atomic E-state index is 11.2. The number of hydrogen-bond acceptors (Lipinski definition) is 3. The molecule has 0 aliphatic heterocycles. The smallest absolute Gasteiger partial charge is 0.335 e. The van der Waals surface area contributed by atoms with E-state index in [1.165, 1.54) is 0 Å². The highest BCUT2D eigenvalue weighted by Crippen LogP contribution is 2.27. The molecule has 0 bridgehead atoms. The molecule has 0 aliphatic rings. The quantitative estimate of drug-likeness (QED) is 0.887. The number of aromatic carboxylic acids is 1. The van der Waals surface area contributed by atoms with Crippen LogP contribution in [0.1, 0.15) is 43.0 Å². The number of carbonyl (C=O) groups is 1. The molecule has 1 unspecified atom stereocenters. The predicted molar refractivity (Wildman–Crippen MR) is 81.8 cm³/mol. The van der Waals surface area contributed by atoms with Crippen molar-refractivity contribution in [1.29, 1.82) is 0 Å². The van der Waals surface area contributed by atoms with E-state index >= 15 is 0 Å². The second kappa shape index (κ2) is 6.26. The van der Waals surface area contributed by atoms with Crippen molar-refractivity contribution < 1.29 is 14.6 Å². The number of carboxylic acids is 1. The largest absolute Gasteiger partial charge is 0.478 e. The Morgan fingerprint density at radius 1 is 1.43 bits per heavy atom. The summed E-state index contributed by atoms with van der Waals surface area (Å²) in [6, 6.07) is 5.22. The summed E-state index contributed by atoms with van der Waals surface area (Å²) in [5, 5.41) is 9.20. The van der Waals surface area contributed by atoms with Gasteiger partial charge in [0.05, 0.1) is 29.2 Å². The van der Waals surface area contributed by atoms with E-state index in [1.807, 2.05) is 0 Å². The van der Waals surface area contributed by atoms with Gasteiger partial charge in [-0.05, 0) is 24.1 Å². The maximum atomic E-state index is 11.2. The molecule has 1 aromatic carbocycles. The van der Waals surface area contributed by atoms with E-state index in [9.17, 15) is 9.90 Å². The van der Waals surface area contributed by atoms with E-state index in [2.05, 4.69) is 30.3 Å². The summed E-state index contributed by atoms with van der Waals surface area (Å²) in [6.45, 7) is 6.90. The average Bonchev–Trinajstić information content (AvgIpc) is 2.81. The number of aryl methyl sites for hydroxylation is 1. The van der Waals surface area contributed by atoms with Crippen molar-refractivity contribution in [3.05, 3.63) is 29.6 Å². The molecule has 114 valence electrons. The SMILES string of the molecule is CCc1nc2ccc(C(=O)O)cc2n1C(COC)C(C)C. The Labute approximate surface area is 124 Å². The summed E-state index contributed by atoms with van der Waals surface area (Å²) >= 11 is 0. The number of nitrogens with zero attached hydrogens (tertiary/aromatic N) is 2. The van der Waals surface area contributed by atoms with Gasteiger partial charge in [0.15, 0.2) is 0 Å². The number of hydrogen-bond donors (Lipinski definition) is 1. The molecular weight excluding hydrogens is 268 g/mol. The van der Waals surface area contributed by atoms with Crippen LogP contribution in [0.5, 0.6) is 0 Å². The molecule has 0 fully saturated rings. The fourth-order valence-electron chi connectivity index (χ4n) is 2.63. The van der Waals surface area contributed by atoms with E-state index in [0.717, 1.165) is 23.3 Å². The molecule has 0 amide bonds. The minimum absolute atomic E-state index is 0.138. The molecule has 2 rings (SSSR count). The van der Waals surface area contributed by atoms with Gasteiger partial charge in [0, 0.05) is 13.5 Å². The lowest BCUT2D eigenvalue weighted by molar-refractivity contribution is 0.0697. The number of methoxy groups -OCH3 is 1. The Balaban J connectivity index is 2.67. The molecule has 0 radical (unpaired) electrons. The summed E-state index contributed by atoms with van der Waals surface area (Å²) in [5.74, 6) is 0.403. The van der Waals surface area contributed by atoms with Gasteiger partial charge < -0.3 is 14.4 Å². The number of benzene rings is 1. The second-order valence-electron chi connectivity index (χ2n) is 5.53. The van der Waals surface area contributed by atoms with Gasteiger partial charge in [-0.1, -0.05) is 20.8 Å². The van der Waals surface area contributed by atoms with Gasteiger partial charge in [-0.15, -0.1) is 0 Å². The third-order valence-electron chi connectivity index (χ3n) is 3.76. The Morgan fingerprint density at radius 3 is 2.67 bits per heavy atom. The zero-order chi connectivity index (χ0) is 15.6. The zero-order valence-electron chi connectivity index (χ0n) is 13.0. The van der Waals surface area contributed by atoms with E-state index in [0.29, 0.717) is 12.5 Å². The van der Waals surface area contributed by atoms with Gasteiger partial charge in [-0.2, -0.15) is 0 Å². The Bertz CT molecular complexity index is 646. The molecule has 0 saturated carbocycles. The molecule has 5 nitrogen and oxygen atoms in total. The van der Waals surface area contributed by atoms with Gasteiger partial charge in [0.25, 0.3) is 0 Å². The minimum atomic E-state index is -0.921. The summed E-state index contributed by atoms with van der Waals surface area (Å²) in [7, 11) is 1.68. The van der Waals surface area contributed by atoms with Crippen LogP contribution in [0.25, 0.3) is 11.0 Å². The van der Waals surface area contributed by atoms with E-state index in [4.69, 9.17) is 4.74 Å². The van der Waals surface area contributed by atoms with Crippen molar-refractivity contribution >= 4 is 17.0 Å². The van der Waals surface area contributed by atoms with Crippen molar-refractivity contribution in [3.63, 3.8) is 0 Å². The number of rotatable bonds is 6. The first-order chi connectivity index (χ1) is 9.99. The van der Waals surface area contributed by atoms with Crippen LogP contribution in [0.2, 0.25) is 0 Å². The van der Waals surface area contributed by atoms with Crippen molar-refractivity contribution in [3.8, 4) is 0 Å². The van der Waals surface area contributed by atoms with Crippen LogP contribution >= 0.6 is 0 Å². The van der Waals surface area contributed by atoms with Crippen molar-refractivity contribution in [1.82, 2.24) is 9.55 Å². The molecule has 2 aromatic rings. The van der Waals surface area contributed by atoms with E-state index < -0.39 is 5.97 Å². The first kappa shape index (κ1) is 15.5. The topological polar surface area (TPSA) is 64.3 Å². The summed E-state index contributed by atoms with van der Waals surface area (Å²) in [6.07, 6.45) is 0.796. The van der Waals surface area contributed by atoms with Crippen molar-refractivity contribution in [2.24, 2.45) is 5.92 Å². The number of aromatic nitrogens is 2. The average molecular weight is 290 g/mol. The molecule has 0 aliphatic carbocycles. The molecule has 5 heteroatoms. The van der Waals surface area contributed by atoms with Crippen molar-refractivity contribution in [2.75, 3.05) is 13.7 Å². The van der Waals surface area contributed by atoms with Crippen LogP contribution in [0.4, 0.5) is 0 Å². The van der Waals surface area contributed by atoms with E-state index in [1.54, 1.807) is 25.3 Å². The number of ether oxygens (including phenoxy) is 1. The lowest BCUT2D eigenvalue weighted by Crippen LogP contribution is -2.22. The molecule has 1 atom stereocenters. The fourth-order valence-corrected chi connectivity index (χ4v) is 2.63. The molecule has 21 heavy (non-hydrogen) atoms. The van der Waals surface area contributed by atoms with Crippen LogP contribution < -0.4 is 0 Å². The fraction of sp³-hybridized carbons (Fsp3) is 0.500. The summed E-state index contributed by atoms with van der Waals surface area (Å²) in [5.41, 5.74) is 1.98. The Kier molecular flexibility index (Phi) is 4.63. The second-order valence-corrected chi connectivity index (χ2v) is 5.53. The third kappa shape index (κ3) is 2.93. The lowest BCUT2D eigenvalue weighted by Gasteiger charge is -2.24. The standard InChI is InChI=1S/C16H22N2O3/c1-5-15-17-12-7-6-11(16(19)20)8-13(12)18(15)14(9-21-4)10(2)3/h6-8,10,14H,5,9H2,1-4H3,(H,19,20). The number of carboxylic acid groups (broad SMARTS) is 1. The van der Waals surface area contributed by atoms with Crippen LogP contribution in [-0.2, 0) is 11.2 Å². The van der Waals surface area contributed by atoms with Crippen molar-refractivity contribution in [2.45, 2.75) is 33.2 Å². The Hall–Kier alpha value is -1.88. The molecule has 1 heterocycles. The monoisotopic (exact) mass is 290 g/mol. The first-order valence-electron chi connectivity index (χ1n) is 7.22.